The number of hydrogen-bond donors (Lipinski definition) is 2. The number of likely N-dealkylation sites (tertiary alicyclic amines) is 1. The molecule has 3 N–H and O–H groups in total. The zero-order valence-electron chi connectivity index (χ0n) is 18.3. The number of hydrazone groups is 1. The molecule has 0 aliphatic carbocycles. The summed E-state index contributed by atoms with van der Waals surface area (Å²) >= 11 is 1.97. The number of fused-ring (bicyclic) bond motifs is 2. The van der Waals surface area contributed by atoms with Gasteiger partial charge >= 0.3 is 0 Å². The SMILES string of the molecule is CCc1cc2c(s1)CCO[C@@]21CCN(C/C(C=NCC(C)(C)CO)=N/N)[C@@H](C)C1. The molecule has 0 saturated carbocycles. The number of rotatable bonds is 7. The highest BCUT2D eigenvalue weighted by Crippen LogP contribution is 2.46. The number of nitrogens with zero attached hydrogens (tertiary/aromatic N) is 3. The Morgan fingerprint density at radius 3 is 2.97 bits per heavy atom. The third kappa shape index (κ3) is 5.08. The molecule has 1 fully saturated rings. The van der Waals surface area contributed by atoms with Crippen molar-refractivity contribution in [3.63, 3.8) is 0 Å². The molecule has 7 heteroatoms. The lowest BCUT2D eigenvalue weighted by molar-refractivity contribution is -0.108. The standard InChI is InChI=1S/C22H36N4O2S/c1-5-18-10-19-20(29-18)6-9-28-22(19)7-8-26(16(2)11-22)13-17(25-23)12-24-14-21(3,4)15-27/h10,12,16,27H,5-9,11,13-15,23H2,1-4H3/b24-12?,25-17+/t16-,22+/m0/s1. The Morgan fingerprint density at radius 1 is 1.52 bits per heavy atom. The van der Waals surface area contributed by atoms with Gasteiger partial charge in [0.2, 0.25) is 0 Å². The molecule has 2 aliphatic rings. The van der Waals surface area contributed by atoms with Gasteiger partial charge in [-0.2, -0.15) is 5.10 Å². The van der Waals surface area contributed by atoms with Crippen LogP contribution in [0.3, 0.4) is 0 Å². The van der Waals surface area contributed by atoms with Gasteiger partial charge in [0.1, 0.15) is 0 Å². The molecule has 1 aromatic rings. The van der Waals surface area contributed by atoms with E-state index < -0.39 is 0 Å². The number of aliphatic hydroxyl groups excluding tert-OH is 1. The van der Waals surface area contributed by atoms with Crippen LogP contribution in [-0.2, 0) is 23.2 Å². The highest BCUT2D eigenvalue weighted by molar-refractivity contribution is 7.12. The summed E-state index contributed by atoms with van der Waals surface area (Å²) in [6.07, 6.45) is 5.89. The topological polar surface area (TPSA) is 83.4 Å². The number of aliphatic imine (C=N–C) groups is 1. The van der Waals surface area contributed by atoms with Crippen molar-refractivity contribution in [2.24, 2.45) is 21.4 Å². The van der Waals surface area contributed by atoms with Crippen molar-refractivity contribution in [2.75, 3.05) is 32.8 Å². The normalized spacial score (nSPS) is 26.4. The molecule has 1 spiro atoms. The summed E-state index contributed by atoms with van der Waals surface area (Å²) in [6.45, 7) is 11.6. The maximum absolute atomic E-state index is 9.37. The van der Waals surface area contributed by atoms with E-state index in [0.29, 0.717) is 19.1 Å². The Kier molecular flexibility index (Phi) is 7.14. The van der Waals surface area contributed by atoms with Gasteiger partial charge in [0.15, 0.2) is 0 Å². The summed E-state index contributed by atoms with van der Waals surface area (Å²) in [7, 11) is 0. The lowest BCUT2D eigenvalue weighted by Gasteiger charge is -2.47. The van der Waals surface area contributed by atoms with E-state index in [1.807, 2.05) is 25.2 Å². The number of piperidine rings is 1. The van der Waals surface area contributed by atoms with Crippen molar-refractivity contribution in [3.05, 3.63) is 21.4 Å². The van der Waals surface area contributed by atoms with Gasteiger partial charge in [0.05, 0.1) is 17.9 Å². The quantitative estimate of drug-likeness (QED) is 0.404. The summed E-state index contributed by atoms with van der Waals surface area (Å²) in [5, 5.41) is 13.3. The fraction of sp³-hybridized carbons (Fsp3) is 0.727. The Bertz CT molecular complexity index is 758. The van der Waals surface area contributed by atoms with Gasteiger partial charge in [0, 0.05) is 60.1 Å². The van der Waals surface area contributed by atoms with Crippen molar-refractivity contribution in [3.8, 4) is 0 Å². The van der Waals surface area contributed by atoms with E-state index in [1.54, 1.807) is 6.21 Å². The first-order valence-electron chi connectivity index (χ1n) is 10.7. The molecule has 0 amide bonds. The first kappa shape index (κ1) is 22.4. The van der Waals surface area contributed by atoms with Crippen molar-refractivity contribution in [2.45, 2.75) is 65.0 Å². The Morgan fingerprint density at radius 2 is 2.31 bits per heavy atom. The zero-order valence-corrected chi connectivity index (χ0v) is 19.1. The molecule has 2 atom stereocenters. The second-order valence-electron chi connectivity index (χ2n) is 9.18. The first-order chi connectivity index (χ1) is 13.8. The molecule has 0 aromatic carbocycles. The zero-order chi connectivity index (χ0) is 21.1. The average Bonchev–Trinajstić information content (AvgIpc) is 3.14. The molecule has 2 aliphatic heterocycles. The predicted molar refractivity (Wildman–Crippen MR) is 121 cm³/mol. The van der Waals surface area contributed by atoms with Crippen LogP contribution in [0.25, 0.3) is 0 Å². The van der Waals surface area contributed by atoms with Crippen LogP contribution in [0.5, 0.6) is 0 Å². The van der Waals surface area contributed by atoms with Crippen LogP contribution in [0.15, 0.2) is 16.2 Å². The van der Waals surface area contributed by atoms with E-state index in [1.165, 1.54) is 15.3 Å². The molecular formula is C22H36N4O2S. The molecule has 162 valence electrons. The van der Waals surface area contributed by atoms with E-state index in [2.05, 4.69) is 34.9 Å². The van der Waals surface area contributed by atoms with E-state index in [-0.39, 0.29) is 17.6 Å². The van der Waals surface area contributed by atoms with Gasteiger partial charge in [-0.15, -0.1) is 11.3 Å². The van der Waals surface area contributed by atoms with E-state index in [0.717, 1.165) is 44.5 Å². The number of aliphatic hydroxyl groups is 1. The number of nitrogens with two attached hydrogens (primary N) is 1. The van der Waals surface area contributed by atoms with Crippen LogP contribution < -0.4 is 5.84 Å². The van der Waals surface area contributed by atoms with Crippen molar-refractivity contribution < 1.29 is 9.84 Å². The number of ether oxygens (including phenoxy) is 1. The van der Waals surface area contributed by atoms with Crippen LogP contribution >= 0.6 is 11.3 Å². The molecular weight excluding hydrogens is 384 g/mol. The van der Waals surface area contributed by atoms with E-state index >= 15 is 0 Å². The van der Waals surface area contributed by atoms with Gasteiger partial charge in [-0.1, -0.05) is 20.8 Å². The summed E-state index contributed by atoms with van der Waals surface area (Å²) in [6, 6.07) is 2.77. The Labute approximate surface area is 178 Å². The summed E-state index contributed by atoms with van der Waals surface area (Å²) in [5.41, 5.74) is 1.86. The molecule has 0 bridgehead atoms. The van der Waals surface area contributed by atoms with Gasteiger partial charge in [-0.3, -0.25) is 9.89 Å². The van der Waals surface area contributed by atoms with Crippen LogP contribution in [0.2, 0.25) is 0 Å². The van der Waals surface area contributed by atoms with Crippen molar-refractivity contribution in [1.82, 2.24) is 4.90 Å². The lowest BCUT2D eigenvalue weighted by Crippen LogP contribution is -2.51. The molecule has 1 aromatic heterocycles. The fourth-order valence-corrected chi connectivity index (χ4v) is 5.46. The van der Waals surface area contributed by atoms with Gasteiger partial charge in [-0.25, -0.2) is 0 Å². The molecule has 0 radical (unpaired) electrons. The second-order valence-corrected chi connectivity index (χ2v) is 10.4. The van der Waals surface area contributed by atoms with Crippen LogP contribution in [0.4, 0.5) is 0 Å². The molecule has 3 heterocycles. The Balaban J connectivity index is 1.65. The number of hydrogen-bond acceptors (Lipinski definition) is 7. The highest BCUT2D eigenvalue weighted by atomic mass is 32.1. The molecule has 1 saturated heterocycles. The number of thiophene rings is 1. The average molecular weight is 421 g/mol. The van der Waals surface area contributed by atoms with Crippen molar-refractivity contribution in [1.29, 1.82) is 0 Å². The van der Waals surface area contributed by atoms with Gasteiger partial charge in [-0.05, 0) is 37.8 Å². The molecule has 0 unspecified atom stereocenters. The van der Waals surface area contributed by atoms with E-state index in [4.69, 9.17) is 10.6 Å². The lowest BCUT2D eigenvalue weighted by atomic mass is 9.79. The largest absolute Gasteiger partial charge is 0.396 e. The van der Waals surface area contributed by atoms with Gasteiger partial charge in [0.25, 0.3) is 0 Å². The van der Waals surface area contributed by atoms with Crippen molar-refractivity contribution >= 4 is 23.3 Å². The maximum atomic E-state index is 9.37. The summed E-state index contributed by atoms with van der Waals surface area (Å²) < 4.78 is 6.43. The third-order valence-corrected chi connectivity index (χ3v) is 7.52. The molecule has 29 heavy (non-hydrogen) atoms. The monoisotopic (exact) mass is 420 g/mol. The second kappa shape index (κ2) is 9.25. The smallest absolute Gasteiger partial charge is 0.0969 e. The van der Waals surface area contributed by atoms with E-state index in [9.17, 15) is 5.11 Å². The minimum absolute atomic E-state index is 0.106. The van der Waals surface area contributed by atoms with Crippen LogP contribution in [0.1, 0.15) is 55.9 Å². The minimum Gasteiger partial charge on any atom is -0.396 e. The minimum atomic E-state index is -0.227. The fourth-order valence-electron chi connectivity index (χ4n) is 4.28. The predicted octanol–water partition coefficient (Wildman–Crippen LogP) is 2.97. The van der Waals surface area contributed by atoms with Crippen LogP contribution in [0, 0.1) is 5.41 Å². The first-order valence-corrected chi connectivity index (χ1v) is 11.5. The third-order valence-electron chi connectivity index (χ3n) is 6.18. The molecule has 3 rings (SSSR count). The summed E-state index contributed by atoms with van der Waals surface area (Å²) in [5.74, 6) is 5.63. The Hall–Kier alpha value is -1.28. The number of aryl methyl sites for hydroxylation is 1. The molecule has 6 nitrogen and oxygen atoms in total. The maximum Gasteiger partial charge on any atom is 0.0969 e. The summed E-state index contributed by atoms with van der Waals surface area (Å²) in [4.78, 5) is 9.87. The highest BCUT2D eigenvalue weighted by Gasteiger charge is 2.44. The van der Waals surface area contributed by atoms with Crippen LogP contribution in [-0.4, -0.2) is 60.8 Å². The van der Waals surface area contributed by atoms with Gasteiger partial charge < -0.3 is 15.7 Å².